The Balaban J connectivity index is 1.65. The minimum atomic E-state index is -1.07. The highest BCUT2D eigenvalue weighted by atomic mass is 16.6. The number of primary amides is 1. The van der Waals surface area contributed by atoms with Crippen LogP contribution in [0.15, 0.2) is 34.9 Å². The van der Waals surface area contributed by atoms with Crippen molar-refractivity contribution in [3.05, 3.63) is 47.6 Å². The van der Waals surface area contributed by atoms with Gasteiger partial charge in [-0.3, -0.25) is 4.79 Å². The number of unbranched alkanes of at least 4 members (excludes halogenated alkanes) is 2. The summed E-state index contributed by atoms with van der Waals surface area (Å²) < 4.78 is 9.49. The van der Waals surface area contributed by atoms with E-state index in [2.05, 4.69) is 27.0 Å². The van der Waals surface area contributed by atoms with E-state index in [9.17, 15) is 9.59 Å². The molecule has 26 heavy (non-hydrogen) atoms. The van der Waals surface area contributed by atoms with Gasteiger partial charge in [-0.15, -0.1) is 0 Å². The third kappa shape index (κ3) is 7.02. The lowest BCUT2D eigenvalue weighted by Crippen LogP contribution is -2.18. The lowest BCUT2D eigenvalue weighted by Gasteiger charge is -2.06. The van der Waals surface area contributed by atoms with Gasteiger partial charge in [-0.25, -0.2) is 4.79 Å². The molecule has 2 aromatic rings. The molecule has 1 amide bonds. The lowest BCUT2D eigenvalue weighted by atomic mass is 10.1. The van der Waals surface area contributed by atoms with Crippen LogP contribution >= 0.6 is 0 Å². The summed E-state index contributed by atoms with van der Waals surface area (Å²) in [6.07, 6.45) is 3.47. The van der Waals surface area contributed by atoms with E-state index >= 15 is 0 Å². The van der Waals surface area contributed by atoms with E-state index in [-0.39, 0.29) is 12.5 Å². The number of benzene rings is 1. The Labute approximate surface area is 151 Å². The van der Waals surface area contributed by atoms with Gasteiger partial charge in [0.2, 0.25) is 5.89 Å². The minimum Gasteiger partial charge on any atom is -0.376 e. The fourth-order valence-electron chi connectivity index (χ4n) is 2.52. The highest BCUT2D eigenvalue weighted by Gasteiger charge is 2.15. The van der Waals surface area contributed by atoms with Crippen LogP contribution in [0.5, 0.6) is 0 Å². The first-order chi connectivity index (χ1) is 12.5. The molecule has 0 unspecified atom stereocenters. The predicted octanol–water partition coefficient (Wildman–Crippen LogP) is 2.43. The standard InChI is InChI=1S/C18H24N4O4/c19-14(9-5-2-6-10-16(23)25-18(20)24)17-21-15(22-26-17)12-11-13-7-3-1-4-8-13/h1,3-4,7-8,14H,2,5-6,9-12,19H2,(H2,20,24)/t14-/m0/s1. The van der Waals surface area contributed by atoms with Crippen molar-refractivity contribution in [3.8, 4) is 0 Å². The van der Waals surface area contributed by atoms with Crippen LogP contribution in [-0.4, -0.2) is 22.2 Å². The van der Waals surface area contributed by atoms with Crippen LogP contribution < -0.4 is 11.5 Å². The summed E-state index contributed by atoms with van der Waals surface area (Å²) in [5, 5.41) is 3.98. The number of carbonyl (C=O) groups excluding carboxylic acids is 2. The molecule has 0 saturated carbocycles. The number of aromatic nitrogens is 2. The molecule has 0 radical (unpaired) electrons. The zero-order chi connectivity index (χ0) is 18.8. The van der Waals surface area contributed by atoms with Crippen LogP contribution in [0.25, 0.3) is 0 Å². The number of carbonyl (C=O) groups is 2. The number of aryl methyl sites for hydroxylation is 2. The quantitative estimate of drug-likeness (QED) is 0.377. The molecule has 8 heteroatoms. The number of rotatable bonds is 10. The van der Waals surface area contributed by atoms with E-state index in [1.54, 1.807) is 0 Å². The molecule has 2 rings (SSSR count). The zero-order valence-corrected chi connectivity index (χ0v) is 14.6. The predicted molar refractivity (Wildman–Crippen MR) is 93.8 cm³/mol. The van der Waals surface area contributed by atoms with Gasteiger partial charge in [-0.1, -0.05) is 48.3 Å². The molecule has 1 aromatic heterocycles. The fraction of sp³-hybridized carbons (Fsp3) is 0.444. The molecule has 4 N–H and O–H groups in total. The van der Waals surface area contributed by atoms with Crippen LogP contribution in [0, 0.1) is 0 Å². The van der Waals surface area contributed by atoms with Gasteiger partial charge < -0.3 is 20.7 Å². The number of hydrogen-bond donors (Lipinski definition) is 2. The second-order valence-electron chi connectivity index (χ2n) is 6.03. The second-order valence-corrected chi connectivity index (χ2v) is 6.03. The van der Waals surface area contributed by atoms with Gasteiger partial charge in [0.1, 0.15) is 0 Å². The summed E-state index contributed by atoms with van der Waals surface area (Å²) in [6.45, 7) is 0. The van der Waals surface area contributed by atoms with Crippen molar-refractivity contribution in [2.24, 2.45) is 11.5 Å². The van der Waals surface area contributed by atoms with Gasteiger partial charge in [-0.05, 0) is 24.8 Å². The SMILES string of the molecule is NC(=O)OC(=O)CCCCC[C@H](N)c1nc(CCc2ccccc2)no1. The van der Waals surface area contributed by atoms with E-state index in [0.717, 1.165) is 19.3 Å². The van der Waals surface area contributed by atoms with Gasteiger partial charge in [0.25, 0.3) is 0 Å². The molecular formula is C18H24N4O4. The van der Waals surface area contributed by atoms with Crippen molar-refractivity contribution in [2.45, 2.75) is 51.0 Å². The van der Waals surface area contributed by atoms with Gasteiger partial charge in [0.05, 0.1) is 6.04 Å². The van der Waals surface area contributed by atoms with E-state index in [0.29, 0.717) is 31.0 Å². The average Bonchev–Trinajstić information content (AvgIpc) is 3.09. The van der Waals surface area contributed by atoms with E-state index in [1.807, 2.05) is 18.2 Å². The Hall–Kier alpha value is -2.74. The Bertz CT molecular complexity index is 702. The molecule has 0 aliphatic rings. The highest BCUT2D eigenvalue weighted by Crippen LogP contribution is 2.17. The molecule has 0 bridgehead atoms. The maximum Gasteiger partial charge on any atom is 0.412 e. The zero-order valence-electron chi connectivity index (χ0n) is 14.6. The molecule has 140 valence electrons. The first-order valence-electron chi connectivity index (χ1n) is 8.66. The summed E-state index contributed by atoms with van der Waals surface area (Å²) in [7, 11) is 0. The molecule has 8 nitrogen and oxygen atoms in total. The molecule has 0 spiro atoms. The number of hydrogen-bond acceptors (Lipinski definition) is 7. The molecule has 1 atom stereocenters. The van der Waals surface area contributed by atoms with Crippen molar-refractivity contribution in [1.29, 1.82) is 0 Å². The lowest BCUT2D eigenvalue weighted by molar-refractivity contribution is -0.137. The third-order valence-electron chi connectivity index (χ3n) is 3.89. The summed E-state index contributed by atoms with van der Waals surface area (Å²) >= 11 is 0. The summed E-state index contributed by atoms with van der Waals surface area (Å²) in [5.74, 6) is 0.469. The molecule has 1 aromatic carbocycles. The number of esters is 1. The van der Waals surface area contributed by atoms with Gasteiger partial charge >= 0.3 is 12.1 Å². The third-order valence-corrected chi connectivity index (χ3v) is 3.89. The smallest absolute Gasteiger partial charge is 0.376 e. The van der Waals surface area contributed by atoms with Crippen molar-refractivity contribution < 1.29 is 18.8 Å². The average molecular weight is 360 g/mol. The Morgan fingerprint density at radius 1 is 1.12 bits per heavy atom. The minimum absolute atomic E-state index is 0.155. The molecule has 1 heterocycles. The van der Waals surface area contributed by atoms with Crippen LogP contribution in [0.4, 0.5) is 4.79 Å². The highest BCUT2D eigenvalue weighted by molar-refractivity contribution is 5.83. The number of ether oxygens (including phenoxy) is 1. The van der Waals surface area contributed by atoms with Gasteiger partial charge in [0.15, 0.2) is 5.82 Å². The van der Waals surface area contributed by atoms with Crippen LogP contribution in [0.1, 0.15) is 55.4 Å². The Morgan fingerprint density at radius 2 is 1.88 bits per heavy atom. The normalized spacial score (nSPS) is 11.9. The van der Waals surface area contributed by atoms with Crippen molar-refractivity contribution in [2.75, 3.05) is 0 Å². The topological polar surface area (TPSA) is 134 Å². The molecular weight excluding hydrogens is 336 g/mol. The molecule has 0 aliphatic heterocycles. The van der Waals surface area contributed by atoms with E-state index in [4.69, 9.17) is 16.0 Å². The summed E-state index contributed by atoms with van der Waals surface area (Å²) in [4.78, 5) is 25.9. The van der Waals surface area contributed by atoms with E-state index < -0.39 is 12.1 Å². The number of nitrogens with two attached hydrogens (primary N) is 2. The molecule has 0 saturated heterocycles. The number of nitrogens with zero attached hydrogens (tertiary/aromatic N) is 2. The first kappa shape index (κ1) is 19.6. The molecule has 0 aliphatic carbocycles. The maximum atomic E-state index is 11.2. The Morgan fingerprint density at radius 3 is 2.62 bits per heavy atom. The van der Waals surface area contributed by atoms with Crippen LogP contribution in [-0.2, 0) is 22.4 Å². The Kier molecular flexibility index (Phi) is 7.75. The fourth-order valence-corrected chi connectivity index (χ4v) is 2.52. The van der Waals surface area contributed by atoms with Crippen LogP contribution in [0.3, 0.4) is 0 Å². The van der Waals surface area contributed by atoms with E-state index in [1.165, 1.54) is 5.56 Å². The monoisotopic (exact) mass is 360 g/mol. The largest absolute Gasteiger partial charge is 0.412 e. The maximum absolute atomic E-state index is 11.2. The number of amides is 1. The van der Waals surface area contributed by atoms with Gasteiger partial charge in [0, 0.05) is 12.8 Å². The van der Waals surface area contributed by atoms with Gasteiger partial charge in [-0.2, -0.15) is 4.98 Å². The van der Waals surface area contributed by atoms with Crippen molar-refractivity contribution in [3.63, 3.8) is 0 Å². The first-order valence-corrected chi connectivity index (χ1v) is 8.66. The molecule has 0 fully saturated rings. The van der Waals surface area contributed by atoms with Crippen LogP contribution in [0.2, 0.25) is 0 Å². The van der Waals surface area contributed by atoms with Crippen molar-refractivity contribution in [1.82, 2.24) is 10.1 Å². The second kappa shape index (κ2) is 10.3. The summed E-state index contributed by atoms with van der Waals surface area (Å²) in [6, 6.07) is 9.78. The van der Waals surface area contributed by atoms with Crippen molar-refractivity contribution >= 4 is 12.1 Å². The summed E-state index contributed by atoms with van der Waals surface area (Å²) in [5.41, 5.74) is 12.1.